The van der Waals surface area contributed by atoms with Crippen molar-refractivity contribution in [1.29, 1.82) is 0 Å². The standard InChI is InChI=1S/C24H27N3O2/c28-24(12-11-19-16-25-26-17-19)27-13-14-29-22(18-27)15-23(20-7-3-1-4-8-20)21-9-5-2-6-10-21/h1-10,16-17,22-23H,11-15,18H2,(H,25,26). The maximum Gasteiger partial charge on any atom is 0.223 e. The van der Waals surface area contributed by atoms with Gasteiger partial charge in [-0.15, -0.1) is 0 Å². The molecule has 1 N–H and O–H groups in total. The van der Waals surface area contributed by atoms with Gasteiger partial charge in [0.2, 0.25) is 5.91 Å². The van der Waals surface area contributed by atoms with Crippen LogP contribution < -0.4 is 0 Å². The minimum Gasteiger partial charge on any atom is -0.375 e. The van der Waals surface area contributed by atoms with E-state index < -0.39 is 0 Å². The first-order chi connectivity index (χ1) is 14.3. The summed E-state index contributed by atoms with van der Waals surface area (Å²) in [6, 6.07) is 21.1. The van der Waals surface area contributed by atoms with E-state index in [4.69, 9.17) is 4.74 Å². The zero-order chi connectivity index (χ0) is 19.9. The van der Waals surface area contributed by atoms with E-state index in [-0.39, 0.29) is 17.9 Å². The minimum absolute atomic E-state index is 0.0343. The van der Waals surface area contributed by atoms with Gasteiger partial charge in [-0.25, -0.2) is 0 Å². The molecule has 1 aromatic heterocycles. The molecule has 1 amide bonds. The molecule has 5 nitrogen and oxygen atoms in total. The summed E-state index contributed by atoms with van der Waals surface area (Å²) in [7, 11) is 0. The Labute approximate surface area is 171 Å². The molecule has 1 fully saturated rings. The predicted molar refractivity (Wildman–Crippen MR) is 113 cm³/mol. The Kier molecular flexibility index (Phi) is 6.37. The van der Waals surface area contributed by atoms with Gasteiger partial charge < -0.3 is 9.64 Å². The number of nitrogens with zero attached hydrogens (tertiary/aromatic N) is 2. The quantitative estimate of drug-likeness (QED) is 0.669. The molecule has 1 aliphatic rings. The number of carbonyl (C=O) groups excluding carboxylic acids is 1. The average molecular weight is 389 g/mol. The lowest BCUT2D eigenvalue weighted by Crippen LogP contribution is -2.46. The van der Waals surface area contributed by atoms with Gasteiger partial charge in [-0.2, -0.15) is 5.10 Å². The summed E-state index contributed by atoms with van der Waals surface area (Å²) in [4.78, 5) is 14.7. The Hall–Kier alpha value is -2.92. The normalized spacial score (nSPS) is 16.9. The van der Waals surface area contributed by atoms with Crippen molar-refractivity contribution in [2.75, 3.05) is 19.7 Å². The van der Waals surface area contributed by atoms with Crippen molar-refractivity contribution in [1.82, 2.24) is 15.1 Å². The maximum absolute atomic E-state index is 12.7. The second-order valence-electron chi connectivity index (χ2n) is 7.55. The second kappa shape index (κ2) is 9.52. The van der Waals surface area contributed by atoms with Crippen LogP contribution in [0.5, 0.6) is 0 Å². The molecule has 29 heavy (non-hydrogen) atoms. The van der Waals surface area contributed by atoms with Crippen LogP contribution in [0.3, 0.4) is 0 Å². The molecule has 2 heterocycles. The van der Waals surface area contributed by atoms with E-state index in [0.29, 0.717) is 32.5 Å². The molecule has 3 aromatic rings. The number of aromatic nitrogens is 2. The molecule has 0 radical (unpaired) electrons. The van der Waals surface area contributed by atoms with Crippen LogP contribution in [0.1, 0.15) is 35.4 Å². The predicted octanol–water partition coefficient (Wildman–Crippen LogP) is 3.79. The Morgan fingerprint density at radius 1 is 1.10 bits per heavy atom. The molecule has 150 valence electrons. The molecular formula is C24H27N3O2. The third-order valence-corrected chi connectivity index (χ3v) is 5.58. The zero-order valence-electron chi connectivity index (χ0n) is 16.5. The fraction of sp³-hybridized carbons (Fsp3) is 0.333. The monoisotopic (exact) mass is 389 g/mol. The van der Waals surface area contributed by atoms with Crippen molar-refractivity contribution in [3.63, 3.8) is 0 Å². The van der Waals surface area contributed by atoms with Gasteiger partial charge in [-0.05, 0) is 29.5 Å². The highest BCUT2D eigenvalue weighted by atomic mass is 16.5. The largest absolute Gasteiger partial charge is 0.375 e. The summed E-state index contributed by atoms with van der Waals surface area (Å²) in [6.45, 7) is 1.92. The number of amides is 1. The van der Waals surface area contributed by atoms with Gasteiger partial charge in [0.25, 0.3) is 0 Å². The first kappa shape index (κ1) is 19.4. The molecule has 0 aliphatic carbocycles. The van der Waals surface area contributed by atoms with Crippen molar-refractivity contribution < 1.29 is 9.53 Å². The number of rotatable bonds is 7. The number of ether oxygens (including phenoxy) is 1. The minimum atomic E-state index is 0.0343. The molecule has 5 heteroatoms. The van der Waals surface area contributed by atoms with Crippen LogP contribution in [0.4, 0.5) is 0 Å². The number of hydrogen-bond acceptors (Lipinski definition) is 3. The number of aromatic amines is 1. The highest BCUT2D eigenvalue weighted by Crippen LogP contribution is 2.31. The van der Waals surface area contributed by atoms with Gasteiger partial charge in [-0.3, -0.25) is 9.89 Å². The van der Waals surface area contributed by atoms with Crippen LogP contribution in [0.25, 0.3) is 0 Å². The molecule has 4 rings (SSSR count). The van der Waals surface area contributed by atoms with Gasteiger partial charge in [-0.1, -0.05) is 60.7 Å². The molecule has 0 bridgehead atoms. The third-order valence-electron chi connectivity index (χ3n) is 5.58. The summed E-state index contributed by atoms with van der Waals surface area (Å²) >= 11 is 0. The van der Waals surface area contributed by atoms with Crippen molar-refractivity contribution in [2.45, 2.75) is 31.3 Å². The van der Waals surface area contributed by atoms with Crippen LogP contribution in [-0.4, -0.2) is 46.8 Å². The van der Waals surface area contributed by atoms with E-state index in [2.05, 4.69) is 58.7 Å². The van der Waals surface area contributed by atoms with Crippen LogP contribution >= 0.6 is 0 Å². The highest BCUT2D eigenvalue weighted by Gasteiger charge is 2.27. The van der Waals surface area contributed by atoms with Gasteiger partial charge >= 0.3 is 0 Å². The lowest BCUT2D eigenvalue weighted by Gasteiger charge is -2.35. The van der Waals surface area contributed by atoms with E-state index in [1.54, 1.807) is 6.20 Å². The van der Waals surface area contributed by atoms with Gasteiger partial charge in [0, 0.05) is 31.6 Å². The number of hydrogen-bond donors (Lipinski definition) is 1. The van der Waals surface area contributed by atoms with E-state index in [9.17, 15) is 4.79 Å². The van der Waals surface area contributed by atoms with E-state index >= 15 is 0 Å². The molecule has 0 saturated carbocycles. The fourth-order valence-corrected chi connectivity index (χ4v) is 4.01. The van der Waals surface area contributed by atoms with Crippen molar-refractivity contribution >= 4 is 5.91 Å². The summed E-state index contributed by atoms with van der Waals surface area (Å²) in [6.07, 6.45) is 5.74. The third kappa shape index (κ3) is 5.12. The Bertz CT molecular complexity index is 842. The van der Waals surface area contributed by atoms with E-state index in [1.807, 2.05) is 23.2 Å². The first-order valence-electron chi connectivity index (χ1n) is 10.3. The van der Waals surface area contributed by atoms with Crippen LogP contribution in [0.2, 0.25) is 0 Å². The van der Waals surface area contributed by atoms with Crippen molar-refractivity contribution in [3.8, 4) is 0 Å². The van der Waals surface area contributed by atoms with Crippen LogP contribution in [0, 0.1) is 0 Å². The Morgan fingerprint density at radius 2 is 1.79 bits per heavy atom. The van der Waals surface area contributed by atoms with E-state index in [0.717, 1.165) is 12.0 Å². The molecule has 1 aliphatic heterocycles. The first-order valence-corrected chi connectivity index (χ1v) is 10.3. The smallest absolute Gasteiger partial charge is 0.223 e. The summed E-state index contributed by atoms with van der Waals surface area (Å²) in [5.41, 5.74) is 3.63. The summed E-state index contributed by atoms with van der Waals surface area (Å²) in [5.74, 6) is 0.443. The number of carbonyl (C=O) groups is 1. The molecule has 1 saturated heterocycles. The van der Waals surface area contributed by atoms with E-state index in [1.165, 1.54) is 11.1 Å². The molecule has 0 spiro atoms. The molecular weight excluding hydrogens is 362 g/mol. The maximum atomic E-state index is 12.7. The number of nitrogens with one attached hydrogen (secondary N) is 1. The van der Waals surface area contributed by atoms with Crippen molar-refractivity contribution in [3.05, 3.63) is 89.7 Å². The van der Waals surface area contributed by atoms with Crippen molar-refractivity contribution in [2.24, 2.45) is 0 Å². The average Bonchev–Trinajstić information content (AvgIpc) is 3.31. The van der Waals surface area contributed by atoms with Gasteiger partial charge in [0.1, 0.15) is 0 Å². The number of benzene rings is 2. The fourth-order valence-electron chi connectivity index (χ4n) is 4.01. The lowest BCUT2D eigenvalue weighted by molar-refractivity contribution is -0.139. The number of H-pyrrole nitrogens is 1. The summed E-state index contributed by atoms with van der Waals surface area (Å²) < 4.78 is 6.07. The second-order valence-corrected chi connectivity index (χ2v) is 7.55. The lowest BCUT2D eigenvalue weighted by atomic mass is 9.86. The number of morpholine rings is 1. The zero-order valence-corrected chi connectivity index (χ0v) is 16.5. The van der Waals surface area contributed by atoms with Gasteiger partial charge in [0.05, 0.1) is 18.9 Å². The van der Waals surface area contributed by atoms with Gasteiger partial charge in [0.15, 0.2) is 0 Å². The molecule has 2 aromatic carbocycles. The summed E-state index contributed by atoms with van der Waals surface area (Å²) in [5, 5.41) is 6.74. The molecule has 1 atom stereocenters. The van der Waals surface area contributed by atoms with Crippen LogP contribution in [-0.2, 0) is 16.0 Å². The highest BCUT2D eigenvalue weighted by molar-refractivity contribution is 5.76. The Balaban J connectivity index is 1.42. The molecule has 1 unspecified atom stereocenters. The van der Waals surface area contributed by atoms with Crippen LogP contribution in [0.15, 0.2) is 73.1 Å². The Morgan fingerprint density at radius 3 is 2.41 bits per heavy atom. The number of aryl methyl sites for hydroxylation is 1. The topological polar surface area (TPSA) is 58.2 Å². The SMILES string of the molecule is O=C(CCc1cn[nH]c1)N1CCOC(CC(c2ccccc2)c2ccccc2)C1.